The molecule has 152 valence electrons. The minimum absolute atomic E-state index is 0.0603. The topological polar surface area (TPSA) is 66.9 Å². The Kier molecular flexibility index (Phi) is 7.15. The summed E-state index contributed by atoms with van der Waals surface area (Å²) in [5.41, 5.74) is 1.05. The molecule has 0 aliphatic rings. The van der Waals surface area contributed by atoms with Crippen molar-refractivity contribution in [3.63, 3.8) is 0 Å². The molecule has 6 nitrogen and oxygen atoms in total. The first-order valence-electron chi connectivity index (χ1n) is 8.82. The number of ether oxygens (including phenoxy) is 1. The number of halogens is 1. The van der Waals surface area contributed by atoms with Crippen molar-refractivity contribution in [2.45, 2.75) is 25.3 Å². The van der Waals surface area contributed by atoms with Crippen molar-refractivity contribution in [3.8, 4) is 5.75 Å². The van der Waals surface area contributed by atoms with Gasteiger partial charge in [-0.2, -0.15) is 4.31 Å². The molecule has 0 aliphatic carbocycles. The van der Waals surface area contributed by atoms with Gasteiger partial charge >= 0.3 is 0 Å². The van der Waals surface area contributed by atoms with E-state index in [0.29, 0.717) is 16.9 Å². The number of carbonyl (C=O) groups is 1. The second-order valence-corrected chi connectivity index (χ2v) is 8.34. The number of carbonyl (C=O) groups excluding carboxylic acids is 1. The van der Waals surface area contributed by atoms with Gasteiger partial charge in [0.1, 0.15) is 11.6 Å². The first kappa shape index (κ1) is 21.8. The highest BCUT2D eigenvalue weighted by molar-refractivity contribution is 7.89. The Bertz CT molecular complexity index is 947. The average molecular weight is 408 g/mol. The summed E-state index contributed by atoms with van der Waals surface area (Å²) in [5.74, 6) is -0.238. The molecule has 2 aromatic rings. The van der Waals surface area contributed by atoms with Gasteiger partial charge in [-0.3, -0.25) is 4.79 Å². The maximum atomic E-state index is 13.8. The summed E-state index contributed by atoms with van der Waals surface area (Å²) in [4.78, 5) is 14.0. The van der Waals surface area contributed by atoms with Gasteiger partial charge in [-0.15, -0.1) is 0 Å². The molecule has 0 spiro atoms. The van der Waals surface area contributed by atoms with E-state index >= 15 is 0 Å². The van der Waals surface area contributed by atoms with Crippen molar-refractivity contribution in [2.24, 2.45) is 0 Å². The normalized spacial score (nSPS) is 11.5. The maximum absolute atomic E-state index is 13.8. The Morgan fingerprint density at radius 3 is 2.43 bits per heavy atom. The Morgan fingerprint density at radius 1 is 1.18 bits per heavy atom. The highest BCUT2D eigenvalue weighted by Gasteiger charge is 2.27. The van der Waals surface area contributed by atoms with E-state index in [2.05, 4.69) is 0 Å². The van der Waals surface area contributed by atoms with Gasteiger partial charge < -0.3 is 9.64 Å². The van der Waals surface area contributed by atoms with Crippen LogP contribution in [0.25, 0.3) is 0 Å². The number of likely N-dealkylation sites (N-methyl/N-ethyl adjacent to an activating group) is 2. The second-order valence-electron chi connectivity index (χ2n) is 6.40. The summed E-state index contributed by atoms with van der Waals surface area (Å²) < 4.78 is 45.9. The van der Waals surface area contributed by atoms with Gasteiger partial charge in [-0.1, -0.05) is 25.1 Å². The number of hydrogen-bond donors (Lipinski definition) is 0. The van der Waals surface area contributed by atoms with Gasteiger partial charge in [-0.05, 0) is 36.8 Å². The fourth-order valence-electron chi connectivity index (χ4n) is 2.77. The van der Waals surface area contributed by atoms with Crippen LogP contribution in [0.1, 0.15) is 18.1 Å². The molecule has 0 N–H and O–H groups in total. The summed E-state index contributed by atoms with van der Waals surface area (Å²) in [6.07, 6.45) is 0. The Morgan fingerprint density at radius 2 is 1.86 bits per heavy atom. The van der Waals surface area contributed by atoms with Crippen LogP contribution in [0.4, 0.5) is 4.39 Å². The first-order chi connectivity index (χ1) is 13.2. The van der Waals surface area contributed by atoms with E-state index in [9.17, 15) is 17.6 Å². The number of hydrogen-bond acceptors (Lipinski definition) is 4. The number of benzene rings is 2. The molecule has 2 aromatic carbocycles. The van der Waals surface area contributed by atoms with E-state index in [-0.39, 0.29) is 24.5 Å². The Hall–Kier alpha value is -2.45. The molecule has 1 amide bonds. The van der Waals surface area contributed by atoms with Crippen LogP contribution < -0.4 is 4.74 Å². The van der Waals surface area contributed by atoms with Gasteiger partial charge in [0.15, 0.2) is 0 Å². The summed E-state index contributed by atoms with van der Waals surface area (Å²) in [6.45, 7) is 3.28. The summed E-state index contributed by atoms with van der Waals surface area (Å²) in [5, 5.41) is 0. The van der Waals surface area contributed by atoms with Crippen LogP contribution in [0.2, 0.25) is 0 Å². The van der Waals surface area contributed by atoms with Crippen LogP contribution in [0.3, 0.4) is 0 Å². The van der Waals surface area contributed by atoms with Crippen LogP contribution in [0.15, 0.2) is 47.4 Å². The number of amides is 1. The van der Waals surface area contributed by atoms with E-state index in [0.717, 1.165) is 4.31 Å². The van der Waals surface area contributed by atoms with Crippen molar-refractivity contribution >= 4 is 15.9 Å². The van der Waals surface area contributed by atoms with Gasteiger partial charge in [0.2, 0.25) is 15.9 Å². The van der Waals surface area contributed by atoms with Crippen molar-refractivity contribution in [2.75, 3.05) is 27.2 Å². The third-order valence-electron chi connectivity index (χ3n) is 4.46. The van der Waals surface area contributed by atoms with Crippen LogP contribution >= 0.6 is 0 Å². The van der Waals surface area contributed by atoms with E-state index in [4.69, 9.17) is 4.74 Å². The lowest BCUT2D eigenvalue weighted by atomic mass is 10.2. The largest absolute Gasteiger partial charge is 0.496 e. The molecule has 0 heterocycles. The maximum Gasteiger partial charge on any atom is 0.243 e. The van der Waals surface area contributed by atoms with Gasteiger partial charge in [0, 0.05) is 25.7 Å². The van der Waals surface area contributed by atoms with Crippen molar-refractivity contribution < 1.29 is 22.3 Å². The minimum atomic E-state index is -3.85. The highest BCUT2D eigenvalue weighted by Crippen LogP contribution is 2.23. The fourth-order valence-corrected chi connectivity index (χ4v) is 4.25. The van der Waals surface area contributed by atoms with Gasteiger partial charge in [-0.25, -0.2) is 12.8 Å². The van der Waals surface area contributed by atoms with E-state index in [1.807, 2.05) is 0 Å². The van der Waals surface area contributed by atoms with Crippen LogP contribution in [-0.4, -0.2) is 50.8 Å². The molecule has 8 heteroatoms. The molecule has 0 radical (unpaired) electrons. The number of rotatable bonds is 8. The number of sulfonamides is 1. The average Bonchev–Trinajstić information content (AvgIpc) is 2.67. The minimum Gasteiger partial charge on any atom is -0.496 e. The van der Waals surface area contributed by atoms with Crippen LogP contribution in [-0.2, 0) is 21.4 Å². The molecule has 28 heavy (non-hydrogen) atoms. The zero-order valence-corrected chi connectivity index (χ0v) is 17.3. The van der Waals surface area contributed by atoms with E-state index < -0.39 is 21.7 Å². The molecule has 0 aliphatic heterocycles. The van der Waals surface area contributed by atoms with E-state index in [1.54, 1.807) is 38.1 Å². The lowest BCUT2D eigenvalue weighted by molar-refractivity contribution is -0.130. The van der Waals surface area contributed by atoms with Crippen LogP contribution in [0, 0.1) is 12.7 Å². The number of aryl methyl sites for hydroxylation is 1. The van der Waals surface area contributed by atoms with Crippen molar-refractivity contribution in [1.82, 2.24) is 9.21 Å². The highest BCUT2D eigenvalue weighted by atomic mass is 32.2. The molecule has 0 fully saturated rings. The quantitative estimate of drug-likeness (QED) is 0.674. The Balaban J connectivity index is 2.16. The molecular formula is C20H25FN2O4S. The monoisotopic (exact) mass is 408 g/mol. The first-order valence-corrected chi connectivity index (χ1v) is 10.3. The van der Waals surface area contributed by atoms with Crippen molar-refractivity contribution in [3.05, 3.63) is 59.4 Å². The Labute approximate surface area is 165 Å². The summed E-state index contributed by atoms with van der Waals surface area (Å²) in [7, 11) is -0.819. The lowest BCUT2D eigenvalue weighted by Gasteiger charge is -2.24. The zero-order chi connectivity index (χ0) is 20.9. The SMILES string of the molecule is CCN(CC(=O)N(C)Cc1ccccc1F)S(=O)(=O)c1ccc(OC)c(C)c1. The molecule has 0 saturated carbocycles. The number of methoxy groups -OCH3 is 1. The standard InChI is InChI=1S/C20H25FN2O4S/c1-5-23(28(25,26)17-10-11-19(27-4)15(2)12-17)14-20(24)22(3)13-16-8-6-7-9-18(16)21/h6-12H,5,13-14H2,1-4H3. The number of nitrogens with zero attached hydrogens (tertiary/aromatic N) is 2. The smallest absolute Gasteiger partial charge is 0.243 e. The zero-order valence-electron chi connectivity index (χ0n) is 16.5. The van der Waals surface area contributed by atoms with Gasteiger partial charge in [0.25, 0.3) is 0 Å². The third-order valence-corrected chi connectivity index (χ3v) is 6.38. The van der Waals surface area contributed by atoms with Crippen LogP contribution in [0.5, 0.6) is 5.75 Å². The molecular weight excluding hydrogens is 383 g/mol. The predicted molar refractivity (Wildman–Crippen MR) is 105 cm³/mol. The van der Waals surface area contributed by atoms with Gasteiger partial charge in [0.05, 0.1) is 18.6 Å². The predicted octanol–water partition coefficient (Wildman–Crippen LogP) is 2.81. The lowest BCUT2D eigenvalue weighted by Crippen LogP contribution is -2.41. The molecule has 0 aromatic heterocycles. The molecule has 0 saturated heterocycles. The van der Waals surface area contributed by atoms with E-state index in [1.165, 1.54) is 37.3 Å². The fraction of sp³-hybridized carbons (Fsp3) is 0.350. The summed E-state index contributed by atoms with van der Waals surface area (Å²) >= 11 is 0. The molecule has 0 atom stereocenters. The molecule has 0 bridgehead atoms. The molecule has 0 unspecified atom stereocenters. The molecule has 2 rings (SSSR count). The van der Waals surface area contributed by atoms with Crippen molar-refractivity contribution in [1.29, 1.82) is 0 Å². The second kappa shape index (κ2) is 9.16. The third kappa shape index (κ3) is 4.88. The summed E-state index contributed by atoms with van der Waals surface area (Å²) in [6, 6.07) is 10.7.